The predicted molar refractivity (Wildman–Crippen MR) is 96.6 cm³/mol. The molecule has 4 aromatic rings. The van der Waals surface area contributed by atoms with Crippen LogP contribution >= 0.6 is 0 Å². The highest BCUT2D eigenvalue weighted by Gasteiger charge is 2.11. The van der Waals surface area contributed by atoms with Crippen LogP contribution < -0.4 is 16.6 Å². The normalized spacial score (nSPS) is 10.9. The van der Waals surface area contributed by atoms with Gasteiger partial charge in [-0.1, -0.05) is 30.3 Å². The number of hydrogen-bond acceptors (Lipinski definition) is 6. The molecule has 3 aromatic heterocycles. The predicted octanol–water partition coefficient (Wildman–Crippen LogP) is 2.34. The number of anilines is 3. The van der Waals surface area contributed by atoms with Crippen LogP contribution in [-0.4, -0.2) is 24.9 Å². The fourth-order valence-corrected chi connectivity index (χ4v) is 2.59. The Labute approximate surface area is 142 Å². The van der Waals surface area contributed by atoms with Crippen LogP contribution in [0.15, 0.2) is 47.4 Å². The van der Waals surface area contributed by atoms with Crippen LogP contribution in [0.3, 0.4) is 0 Å². The van der Waals surface area contributed by atoms with E-state index in [9.17, 15) is 4.79 Å². The van der Waals surface area contributed by atoms with Gasteiger partial charge in [0.05, 0.1) is 0 Å². The van der Waals surface area contributed by atoms with Crippen molar-refractivity contribution in [3.63, 3.8) is 0 Å². The summed E-state index contributed by atoms with van der Waals surface area (Å²) in [5.41, 5.74) is 8.74. The van der Waals surface area contributed by atoms with Crippen molar-refractivity contribution in [2.24, 2.45) is 0 Å². The van der Waals surface area contributed by atoms with Crippen molar-refractivity contribution in [2.75, 3.05) is 11.1 Å². The molecule has 124 valence electrons. The summed E-state index contributed by atoms with van der Waals surface area (Å²) in [4.78, 5) is 29.8. The molecule has 8 heteroatoms. The van der Waals surface area contributed by atoms with E-state index in [-0.39, 0.29) is 22.7 Å². The lowest BCUT2D eigenvalue weighted by Gasteiger charge is -2.08. The molecule has 0 spiro atoms. The number of rotatable bonds is 3. The van der Waals surface area contributed by atoms with Crippen LogP contribution in [0.4, 0.5) is 17.7 Å². The molecule has 8 nitrogen and oxygen atoms in total. The van der Waals surface area contributed by atoms with Crippen molar-refractivity contribution < 1.29 is 0 Å². The number of fused-ring (bicyclic) bond motifs is 1. The van der Waals surface area contributed by atoms with E-state index < -0.39 is 0 Å². The van der Waals surface area contributed by atoms with Crippen molar-refractivity contribution in [3.05, 3.63) is 58.5 Å². The van der Waals surface area contributed by atoms with Gasteiger partial charge in [0.1, 0.15) is 5.82 Å². The molecule has 5 N–H and O–H groups in total. The monoisotopic (exact) mass is 333 g/mol. The Kier molecular flexibility index (Phi) is 3.42. The zero-order chi connectivity index (χ0) is 17.4. The first kappa shape index (κ1) is 14.9. The molecule has 0 saturated carbocycles. The minimum atomic E-state index is -0.368. The summed E-state index contributed by atoms with van der Waals surface area (Å²) in [6, 6.07) is 12.1. The minimum absolute atomic E-state index is 0.0251. The molecule has 0 radical (unpaired) electrons. The average Bonchev–Trinajstić information content (AvgIpc) is 3.00. The van der Waals surface area contributed by atoms with Gasteiger partial charge in [-0.15, -0.1) is 0 Å². The number of benzene rings is 1. The second kappa shape index (κ2) is 5.75. The van der Waals surface area contributed by atoms with Crippen LogP contribution in [0.1, 0.15) is 5.56 Å². The number of nitrogens with one attached hydrogen (secondary N) is 3. The molecule has 25 heavy (non-hydrogen) atoms. The SMILES string of the molecule is Cc1cc(-c2ccccc2)cnc1Nc1nc2nc(N)[nH]c(=O)c2[nH]1. The van der Waals surface area contributed by atoms with Gasteiger partial charge in [-0.05, 0) is 24.1 Å². The van der Waals surface area contributed by atoms with Gasteiger partial charge in [0.15, 0.2) is 11.2 Å². The Balaban J connectivity index is 1.67. The number of H-pyrrole nitrogens is 2. The molecular formula is C17H15N7O. The molecule has 3 heterocycles. The molecule has 0 unspecified atom stereocenters. The highest BCUT2D eigenvalue weighted by molar-refractivity contribution is 5.75. The Hall–Kier alpha value is -3.68. The third-order valence-corrected chi connectivity index (χ3v) is 3.80. The molecule has 0 fully saturated rings. The average molecular weight is 333 g/mol. The number of aromatic amines is 2. The summed E-state index contributed by atoms with van der Waals surface area (Å²) in [7, 11) is 0. The molecule has 0 aliphatic rings. The number of hydrogen-bond donors (Lipinski definition) is 4. The summed E-state index contributed by atoms with van der Waals surface area (Å²) in [6.07, 6.45) is 1.79. The van der Waals surface area contributed by atoms with E-state index in [2.05, 4.69) is 30.2 Å². The molecule has 0 aliphatic heterocycles. The van der Waals surface area contributed by atoms with Crippen LogP contribution in [0, 0.1) is 6.92 Å². The van der Waals surface area contributed by atoms with Crippen molar-refractivity contribution in [3.8, 4) is 11.1 Å². The van der Waals surface area contributed by atoms with Gasteiger partial charge in [0.25, 0.3) is 5.56 Å². The van der Waals surface area contributed by atoms with E-state index in [0.29, 0.717) is 11.8 Å². The Morgan fingerprint density at radius 1 is 1.08 bits per heavy atom. The van der Waals surface area contributed by atoms with E-state index in [1.807, 2.05) is 43.3 Å². The lowest BCUT2D eigenvalue weighted by molar-refractivity contribution is 1.17. The van der Waals surface area contributed by atoms with Crippen LogP contribution in [0.25, 0.3) is 22.3 Å². The first-order chi connectivity index (χ1) is 12.1. The fraction of sp³-hybridized carbons (Fsp3) is 0.0588. The Morgan fingerprint density at radius 3 is 2.64 bits per heavy atom. The van der Waals surface area contributed by atoms with Crippen LogP contribution in [0.5, 0.6) is 0 Å². The second-order valence-corrected chi connectivity index (χ2v) is 5.62. The third-order valence-electron chi connectivity index (χ3n) is 3.80. The van der Waals surface area contributed by atoms with Crippen LogP contribution in [-0.2, 0) is 0 Å². The minimum Gasteiger partial charge on any atom is -0.369 e. The largest absolute Gasteiger partial charge is 0.369 e. The van der Waals surface area contributed by atoms with Gasteiger partial charge in [-0.25, -0.2) is 4.98 Å². The Morgan fingerprint density at radius 2 is 1.88 bits per heavy atom. The fourth-order valence-electron chi connectivity index (χ4n) is 2.59. The van der Waals surface area contributed by atoms with Gasteiger partial charge in [-0.2, -0.15) is 9.97 Å². The Bertz CT molecular complexity index is 1120. The van der Waals surface area contributed by atoms with E-state index in [1.54, 1.807) is 6.20 Å². The maximum absolute atomic E-state index is 11.8. The summed E-state index contributed by atoms with van der Waals surface area (Å²) >= 11 is 0. The van der Waals surface area contributed by atoms with E-state index >= 15 is 0 Å². The number of nitrogens with zero attached hydrogens (tertiary/aromatic N) is 3. The third kappa shape index (κ3) is 2.80. The van der Waals surface area contributed by atoms with Crippen molar-refractivity contribution in [1.82, 2.24) is 24.9 Å². The summed E-state index contributed by atoms with van der Waals surface area (Å²) in [5.74, 6) is 1.04. The summed E-state index contributed by atoms with van der Waals surface area (Å²) in [6.45, 7) is 1.95. The van der Waals surface area contributed by atoms with Gasteiger partial charge >= 0.3 is 0 Å². The number of aromatic nitrogens is 5. The van der Waals surface area contributed by atoms with Crippen LogP contribution in [0.2, 0.25) is 0 Å². The second-order valence-electron chi connectivity index (χ2n) is 5.62. The van der Waals surface area contributed by atoms with Crippen molar-refractivity contribution >= 4 is 28.9 Å². The van der Waals surface area contributed by atoms with Crippen molar-refractivity contribution in [2.45, 2.75) is 6.92 Å². The number of pyridine rings is 1. The first-order valence-corrected chi connectivity index (χ1v) is 7.65. The van der Waals surface area contributed by atoms with Crippen molar-refractivity contribution in [1.29, 1.82) is 0 Å². The number of nitrogen functional groups attached to an aromatic ring is 1. The number of nitrogens with two attached hydrogens (primary N) is 1. The van der Waals surface area contributed by atoms with Gasteiger partial charge in [0, 0.05) is 11.8 Å². The smallest absolute Gasteiger partial charge is 0.278 e. The quantitative estimate of drug-likeness (QED) is 0.456. The molecule has 0 atom stereocenters. The first-order valence-electron chi connectivity index (χ1n) is 7.65. The molecule has 4 rings (SSSR count). The summed E-state index contributed by atoms with van der Waals surface area (Å²) in [5, 5.41) is 3.08. The molecule has 0 bridgehead atoms. The molecule has 0 saturated heterocycles. The number of aryl methyl sites for hydroxylation is 1. The lowest BCUT2D eigenvalue weighted by Crippen LogP contribution is -2.10. The number of imidazole rings is 1. The highest BCUT2D eigenvalue weighted by atomic mass is 16.1. The maximum Gasteiger partial charge on any atom is 0.278 e. The standard InChI is InChI=1S/C17H15N7O/c1-9-7-11(10-5-3-2-4-6-10)8-19-13(9)22-17-20-12-14(23-17)21-16(18)24-15(12)25/h2-8H,1H3,(H5,18,19,20,21,22,23,24,25). The molecule has 0 amide bonds. The van der Waals surface area contributed by atoms with E-state index in [0.717, 1.165) is 16.7 Å². The van der Waals surface area contributed by atoms with Gasteiger partial charge < -0.3 is 16.0 Å². The lowest BCUT2D eigenvalue weighted by atomic mass is 10.1. The topological polar surface area (TPSA) is 125 Å². The van der Waals surface area contributed by atoms with Gasteiger partial charge in [-0.3, -0.25) is 9.78 Å². The zero-order valence-electron chi connectivity index (χ0n) is 13.4. The summed E-state index contributed by atoms with van der Waals surface area (Å²) < 4.78 is 0. The molecule has 0 aliphatic carbocycles. The zero-order valence-corrected chi connectivity index (χ0v) is 13.4. The van der Waals surface area contributed by atoms with E-state index in [1.165, 1.54) is 0 Å². The van der Waals surface area contributed by atoms with Gasteiger partial charge in [0.2, 0.25) is 11.9 Å². The molecule has 1 aromatic carbocycles. The van der Waals surface area contributed by atoms with E-state index in [4.69, 9.17) is 5.73 Å². The highest BCUT2D eigenvalue weighted by Crippen LogP contribution is 2.24. The maximum atomic E-state index is 11.8. The molecular weight excluding hydrogens is 318 g/mol.